The van der Waals surface area contributed by atoms with Crippen LogP contribution in [0.3, 0.4) is 0 Å². The van der Waals surface area contributed by atoms with Gasteiger partial charge in [-0.05, 0) is 19.1 Å². The monoisotopic (exact) mass is 266 g/mol. The Kier molecular flexibility index (Phi) is 3.38. The van der Waals surface area contributed by atoms with Gasteiger partial charge in [-0.1, -0.05) is 12.1 Å². The van der Waals surface area contributed by atoms with E-state index in [2.05, 4.69) is 4.98 Å². The van der Waals surface area contributed by atoms with Gasteiger partial charge in [0.2, 0.25) is 10.0 Å². The fourth-order valence-electron chi connectivity index (χ4n) is 1.68. The SMILES string of the molecule is CCOc1ccccc1-c1nccn1S(C)(=O)=O. The van der Waals surface area contributed by atoms with Gasteiger partial charge in [-0.25, -0.2) is 17.4 Å². The van der Waals surface area contributed by atoms with E-state index in [9.17, 15) is 8.42 Å². The summed E-state index contributed by atoms with van der Waals surface area (Å²) in [7, 11) is -3.37. The molecule has 0 fully saturated rings. The Labute approximate surface area is 106 Å². The molecule has 0 spiro atoms. The molecular formula is C12H14N2O3S. The second kappa shape index (κ2) is 4.81. The van der Waals surface area contributed by atoms with Gasteiger partial charge in [-0.3, -0.25) is 0 Å². The fraction of sp³-hybridized carbons (Fsp3) is 0.250. The highest BCUT2D eigenvalue weighted by atomic mass is 32.2. The van der Waals surface area contributed by atoms with Crippen molar-refractivity contribution >= 4 is 10.0 Å². The number of benzene rings is 1. The number of nitrogens with zero attached hydrogens (tertiary/aromatic N) is 2. The summed E-state index contributed by atoms with van der Waals surface area (Å²) < 4.78 is 29.9. The summed E-state index contributed by atoms with van der Waals surface area (Å²) in [6.07, 6.45) is 4.02. The third-order valence-electron chi connectivity index (χ3n) is 2.39. The normalized spacial score (nSPS) is 11.4. The molecule has 2 aromatic rings. The minimum atomic E-state index is -3.37. The lowest BCUT2D eigenvalue weighted by atomic mass is 10.2. The van der Waals surface area contributed by atoms with Crippen molar-refractivity contribution in [1.82, 2.24) is 8.96 Å². The molecule has 6 heteroatoms. The van der Waals surface area contributed by atoms with Gasteiger partial charge in [0.25, 0.3) is 0 Å². The van der Waals surface area contributed by atoms with Crippen molar-refractivity contribution in [1.29, 1.82) is 0 Å². The molecule has 96 valence electrons. The molecule has 2 rings (SSSR count). The number of hydrogen-bond donors (Lipinski definition) is 0. The van der Waals surface area contributed by atoms with Crippen LogP contribution in [-0.4, -0.2) is 30.2 Å². The lowest BCUT2D eigenvalue weighted by Crippen LogP contribution is -2.11. The zero-order chi connectivity index (χ0) is 13.2. The molecule has 1 aromatic carbocycles. The van der Waals surface area contributed by atoms with Crippen molar-refractivity contribution < 1.29 is 13.2 Å². The van der Waals surface area contributed by atoms with Crippen LogP contribution >= 0.6 is 0 Å². The van der Waals surface area contributed by atoms with Gasteiger partial charge < -0.3 is 4.74 Å². The van der Waals surface area contributed by atoms with Crippen molar-refractivity contribution in [2.24, 2.45) is 0 Å². The summed E-state index contributed by atoms with van der Waals surface area (Å²) in [4.78, 5) is 4.10. The lowest BCUT2D eigenvalue weighted by molar-refractivity contribution is 0.341. The van der Waals surface area contributed by atoms with E-state index in [4.69, 9.17) is 4.74 Å². The zero-order valence-corrected chi connectivity index (χ0v) is 11.0. The maximum atomic E-state index is 11.6. The quantitative estimate of drug-likeness (QED) is 0.846. The van der Waals surface area contributed by atoms with Crippen molar-refractivity contribution in [3.63, 3.8) is 0 Å². The molecule has 0 unspecified atom stereocenters. The van der Waals surface area contributed by atoms with Crippen LogP contribution < -0.4 is 4.74 Å². The van der Waals surface area contributed by atoms with E-state index in [1.54, 1.807) is 12.1 Å². The molecule has 0 aliphatic carbocycles. The highest BCUT2D eigenvalue weighted by molar-refractivity contribution is 7.89. The summed E-state index contributed by atoms with van der Waals surface area (Å²) in [5.41, 5.74) is 0.662. The fourth-order valence-corrected chi connectivity index (χ4v) is 2.42. The average Bonchev–Trinajstić information content (AvgIpc) is 2.78. The number of imidazole rings is 1. The van der Waals surface area contributed by atoms with E-state index in [1.807, 2.05) is 19.1 Å². The Morgan fingerprint density at radius 1 is 1.33 bits per heavy atom. The number of para-hydroxylation sites is 1. The Morgan fingerprint density at radius 2 is 2.06 bits per heavy atom. The molecule has 0 saturated heterocycles. The van der Waals surface area contributed by atoms with Gasteiger partial charge in [0, 0.05) is 12.4 Å². The molecule has 0 amide bonds. The molecule has 0 atom stereocenters. The van der Waals surface area contributed by atoms with Crippen molar-refractivity contribution in [3.8, 4) is 17.1 Å². The third kappa shape index (κ3) is 2.38. The van der Waals surface area contributed by atoms with Crippen LogP contribution in [0.4, 0.5) is 0 Å². The molecule has 0 N–H and O–H groups in total. The highest BCUT2D eigenvalue weighted by Crippen LogP contribution is 2.29. The lowest BCUT2D eigenvalue weighted by Gasteiger charge is -2.10. The Balaban J connectivity index is 2.60. The minimum absolute atomic E-state index is 0.363. The van der Waals surface area contributed by atoms with Gasteiger partial charge >= 0.3 is 0 Å². The highest BCUT2D eigenvalue weighted by Gasteiger charge is 2.16. The smallest absolute Gasteiger partial charge is 0.237 e. The molecule has 0 aliphatic heterocycles. The maximum absolute atomic E-state index is 11.6. The van der Waals surface area contributed by atoms with Crippen LogP contribution in [0.2, 0.25) is 0 Å². The van der Waals surface area contributed by atoms with Crippen LogP contribution in [0.15, 0.2) is 36.7 Å². The Hall–Kier alpha value is -1.82. The van der Waals surface area contributed by atoms with E-state index in [-0.39, 0.29) is 0 Å². The first-order chi connectivity index (χ1) is 8.54. The number of hydrogen-bond acceptors (Lipinski definition) is 4. The first kappa shape index (κ1) is 12.6. The van der Waals surface area contributed by atoms with E-state index in [0.29, 0.717) is 23.7 Å². The third-order valence-corrected chi connectivity index (χ3v) is 3.40. The number of aromatic nitrogens is 2. The minimum Gasteiger partial charge on any atom is -0.493 e. The zero-order valence-electron chi connectivity index (χ0n) is 10.2. The Morgan fingerprint density at radius 3 is 2.72 bits per heavy atom. The second-order valence-corrected chi connectivity index (χ2v) is 5.60. The van der Waals surface area contributed by atoms with E-state index >= 15 is 0 Å². The summed E-state index contributed by atoms with van der Waals surface area (Å²) >= 11 is 0. The summed E-state index contributed by atoms with van der Waals surface area (Å²) in [6, 6.07) is 7.23. The summed E-state index contributed by atoms with van der Waals surface area (Å²) in [5.74, 6) is 0.984. The van der Waals surface area contributed by atoms with Gasteiger partial charge in [0.1, 0.15) is 5.75 Å². The molecule has 5 nitrogen and oxygen atoms in total. The van der Waals surface area contributed by atoms with Crippen LogP contribution in [0, 0.1) is 0 Å². The predicted molar refractivity (Wildman–Crippen MR) is 69.1 cm³/mol. The molecule has 18 heavy (non-hydrogen) atoms. The van der Waals surface area contributed by atoms with Crippen LogP contribution in [0.25, 0.3) is 11.4 Å². The van der Waals surface area contributed by atoms with Gasteiger partial charge in [-0.15, -0.1) is 0 Å². The number of rotatable bonds is 4. The van der Waals surface area contributed by atoms with Crippen LogP contribution in [-0.2, 0) is 10.0 Å². The largest absolute Gasteiger partial charge is 0.493 e. The van der Waals surface area contributed by atoms with Crippen molar-refractivity contribution in [2.45, 2.75) is 6.92 Å². The molecule has 0 radical (unpaired) electrons. The molecule has 0 saturated carbocycles. The maximum Gasteiger partial charge on any atom is 0.237 e. The molecule has 0 aliphatic rings. The molecule has 0 bridgehead atoms. The van der Waals surface area contributed by atoms with E-state index < -0.39 is 10.0 Å². The number of ether oxygens (including phenoxy) is 1. The van der Waals surface area contributed by atoms with Gasteiger partial charge in [0.05, 0.1) is 18.4 Å². The first-order valence-electron chi connectivity index (χ1n) is 5.50. The van der Waals surface area contributed by atoms with Gasteiger partial charge in [0.15, 0.2) is 5.82 Å². The van der Waals surface area contributed by atoms with Crippen LogP contribution in [0.5, 0.6) is 5.75 Å². The predicted octanol–water partition coefficient (Wildman–Crippen LogP) is 1.76. The van der Waals surface area contributed by atoms with Crippen LogP contribution in [0.1, 0.15) is 6.92 Å². The first-order valence-corrected chi connectivity index (χ1v) is 7.35. The topological polar surface area (TPSA) is 61.2 Å². The summed E-state index contributed by atoms with van der Waals surface area (Å²) in [5, 5.41) is 0. The second-order valence-electron chi connectivity index (χ2n) is 3.74. The molecule has 1 aromatic heterocycles. The average molecular weight is 266 g/mol. The standard InChI is InChI=1S/C12H14N2O3S/c1-3-17-11-7-5-4-6-10(11)12-13-8-9-14(12)18(2,15)16/h4-9H,3H2,1-2H3. The van der Waals surface area contributed by atoms with Gasteiger partial charge in [-0.2, -0.15) is 0 Å². The van der Waals surface area contributed by atoms with Crippen molar-refractivity contribution in [2.75, 3.05) is 12.9 Å². The molecule has 1 heterocycles. The molecular weight excluding hydrogens is 252 g/mol. The van der Waals surface area contributed by atoms with Crippen molar-refractivity contribution in [3.05, 3.63) is 36.7 Å². The Bertz CT molecular complexity index is 647. The van der Waals surface area contributed by atoms with E-state index in [0.717, 1.165) is 10.2 Å². The van der Waals surface area contributed by atoms with E-state index in [1.165, 1.54) is 12.4 Å². The summed E-state index contributed by atoms with van der Waals surface area (Å²) in [6.45, 7) is 2.39.